The van der Waals surface area contributed by atoms with Gasteiger partial charge < -0.3 is 10.3 Å². The average Bonchev–Trinajstić information content (AvgIpc) is 2.97. The Hall–Kier alpha value is -2.71. The summed E-state index contributed by atoms with van der Waals surface area (Å²) < 4.78 is 40.6. The minimum absolute atomic E-state index is 0.108. The Morgan fingerprint density at radius 1 is 1.15 bits per heavy atom. The summed E-state index contributed by atoms with van der Waals surface area (Å²) in [4.78, 5) is 14.1. The van der Waals surface area contributed by atoms with E-state index in [0.717, 1.165) is 16.5 Å². The summed E-state index contributed by atoms with van der Waals surface area (Å²) in [6.45, 7) is 1.56. The first-order valence-corrected chi connectivity index (χ1v) is 9.46. The van der Waals surface area contributed by atoms with Crippen LogP contribution in [0, 0.1) is 5.82 Å². The van der Waals surface area contributed by atoms with Crippen molar-refractivity contribution < 1.29 is 17.6 Å². The zero-order valence-electron chi connectivity index (χ0n) is 14.0. The van der Waals surface area contributed by atoms with E-state index in [2.05, 4.69) is 15.0 Å². The molecule has 3 rings (SSSR count). The number of H-pyrrole nitrogens is 1. The molecule has 0 aliphatic carbocycles. The molecule has 8 heteroatoms. The van der Waals surface area contributed by atoms with Gasteiger partial charge in [-0.15, -0.1) is 0 Å². The van der Waals surface area contributed by atoms with Gasteiger partial charge in [0.25, 0.3) is 0 Å². The third-order valence-corrected chi connectivity index (χ3v) is 5.38. The summed E-state index contributed by atoms with van der Waals surface area (Å²) in [6.07, 6.45) is 2.17. The van der Waals surface area contributed by atoms with E-state index in [0.29, 0.717) is 12.1 Å². The molecular formula is C18H18FN3O3S. The molecule has 0 bridgehead atoms. The van der Waals surface area contributed by atoms with Crippen LogP contribution in [-0.4, -0.2) is 25.9 Å². The number of amides is 1. The maximum Gasteiger partial charge on any atom is 0.240 e. The van der Waals surface area contributed by atoms with Crippen molar-refractivity contribution in [2.45, 2.75) is 18.2 Å². The molecule has 0 saturated carbocycles. The van der Waals surface area contributed by atoms with Crippen molar-refractivity contribution in [1.29, 1.82) is 0 Å². The molecule has 26 heavy (non-hydrogen) atoms. The third kappa shape index (κ3) is 4.09. The number of carbonyl (C=O) groups is 1. The van der Waals surface area contributed by atoms with Crippen LogP contribution >= 0.6 is 0 Å². The van der Waals surface area contributed by atoms with Gasteiger partial charge in [0.05, 0.1) is 4.90 Å². The van der Waals surface area contributed by atoms with Crippen LogP contribution in [0.25, 0.3) is 10.9 Å². The molecule has 0 aliphatic heterocycles. The molecule has 0 fully saturated rings. The summed E-state index contributed by atoms with van der Waals surface area (Å²) in [5.74, 6) is -0.563. The molecule has 3 N–H and O–H groups in total. The summed E-state index contributed by atoms with van der Waals surface area (Å²) in [7, 11) is -3.67. The van der Waals surface area contributed by atoms with Gasteiger partial charge in [-0.2, -0.15) is 0 Å². The van der Waals surface area contributed by atoms with Gasteiger partial charge in [0.1, 0.15) is 5.82 Å². The van der Waals surface area contributed by atoms with Gasteiger partial charge in [0, 0.05) is 36.3 Å². The molecule has 2 aromatic carbocycles. The maximum absolute atomic E-state index is 13.4. The number of sulfonamides is 1. The van der Waals surface area contributed by atoms with E-state index in [9.17, 15) is 17.6 Å². The van der Waals surface area contributed by atoms with Crippen molar-refractivity contribution in [2.75, 3.05) is 11.9 Å². The van der Waals surface area contributed by atoms with Crippen LogP contribution in [0.4, 0.5) is 10.1 Å². The van der Waals surface area contributed by atoms with Gasteiger partial charge in [-0.25, -0.2) is 17.5 Å². The van der Waals surface area contributed by atoms with Gasteiger partial charge in [-0.1, -0.05) is 0 Å². The van der Waals surface area contributed by atoms with Crippen LogP contribution in [0.15, 0.2) is 53.6 Å². The van der Waals surface area contributed by atoms with E-state index in [4.69, 9.17) is 0 Å². The highest BCUT2D eigenvalue weighted by atomic mass is 32.2. The molecule has 6 nitrogen and oxygen atoms in total. The molecule has 1 aromatic heterocycles. The van der Waals surface area contributed by atoms with Crippen LogP contribution in [0.5, 0.6) is 0 Å². The highest BCUT2D eigenvalue weighted by Gasteiger charge is 2.14. The van der Waals surface area contributed by atoms with Crippen LogP contribution in [0.1, 0.15) is 12.5 Å². The lowest BCUT2D eigenvalue weighted by atomic mass is 10.1. The number of benzene rings is 2. The zero-order chi connectivity index (χ0) is 18.7. The standard InChI is InChI=1S/C18H18FN3O3S/c1-12(23)22-15-3-5-16(6-4-15)26(24,25)21-9-8-13-11-20-18-7-2-14(19)10-17(13)18/h2-7,10-11,20-21H,8-9H2,1H3,(H,22,23). The number of carbonyl (C=O) groups excluding carboxylic acids is 1. The van der Waals surface area contributed by atoms with Gasteiger partial charge in [-0.3, -0.25) is 4.79 Å². The number of anilines is 1. The molecular weight excluding hydrogens is 357 g/mol. The number of hydrogen-bond donors (Lipinski definition) is 3. The molecule has 0 aliphatic rings. The van der Waals surface area contributed by atoms with Crippen LogP contribution < -0.4 is 10.0 Å². The van der Waals surface area contributed by atoms with Crippen LogP contribution in [-0.2, 0) is 21.2 Å². The maximum atomic E-state index is 13.4. The number of aromatic amines is 1. The first-order valence-electron chi connectivity index (χ1n) is 7.98. The van der Waals surface area contributed by atoms with Gasteiger partial charge in [-0.05, 0) is 54.4 Å². The lowest BCUT2D eigenvalue weighted by molar-refractivity contribution is -0.114. The predicted octanol–water partition coefficient (Wildman–Crippen LogP) is 2.79. The van der Waals surface area contributed by atoms with Crippen molar-refractivity contribution in [3.63, 3.8) is 0 Å². The van der Waals surface area contributed by atoms with Crippen molar-refractivity contribution >= 4 is 32.5 Å². The molecule has 0 spiro atoms. The molecule has 1 amide bonds. The van der Waals surface area contributed by atoms with E-state index in [1.807, 2.05) is 0 Å². The first kappa shape index (κ1) is 18.1. The zero-order valence-corrected chi connectivity index (χ0v) is 14.9. The summed E-state index contributed by atoms with van der Waals surface area (Å²) in [5.41, 5.74) is 2.17. The van der Waals surface area contributed by atoms with Crippen molar-refractivity contribution in [1.82, 2.24) is 9.71 Å². The van der Waals surface area contributed by atoms with E-state index >= 15 is 0 Å². The van der Waals surface area contributed by atoms with Gasteiger partial charge in [0.2, 0.25) is 15.9 Å². The Morgan fingerprint density at radius 2 is 1.88 bits per heavy atom. The molecule has 1 heterocycles. The highest BCUT2D eigenvalue weighted by molar-refractivity contribution is 7.89. The van der Waals surface area contributed by atoms with Gasteiger partial charge in [0.15, 0.2) is 0 Å². The fraction of sp³-hybridized carbons (Fsp3) is 0.167. The molecule has 136 valence electrons. The third-order valence-electron chi connectivity index (χ3n) is 3.90. The SMILES string of the molecule is CC(=O)Nc1ccc(S(=O)(=O)NCCc2c[nH]c3ccc(F)cc23)cc1. The number of fused-ring (bicyclic) bond motifs is 1. The Bertz CT molecular complexity index is 1040. The molecule has 0 unspecified atom stereocenters. The van der Waals surface area contributed by atoms with E-state index < -0.39 is 10.0 Å². The van der Waals surface area contributed by atoms with Crippen molar-refractivity contribution in [3.8, 4) is 0 Å². The molecule has 0 atom stereocenters. The fourth-order valence-corrected chi connectivity index (χ4v) is 3.71. The Balaban J connectivity index is 1.66. The minimum atomic E-state index is -3.67. The van der Waals surface area contributed by atoms with E-state index in [1.165, 1.54) is 43.3 Å². The number of hydrogen-bond acceptors (Lipinski definition) is 3. The van der Waals surface area contributed by atoms with E-state index in [1.54, 1.807) is 12.3 Å². The number of rotatable bonds is 6. The number of nitrogens with one attached hydrogen (secondary N) is 3. The summed E-state index contributed by atoms with van der Waals surface area (Å²) in [6, 6.07) is 10.3. The predicted molar refractivity (Wildman–Crippen MR) is 97.9 cm³/mol. The smallest absolute Gasteiger partial charge is 0.240 e. The topological polar surface area (TPSA) is 91.1 Å². The average molecular weight is 375 g/mol. The summed E-state index contributed by atoms with van der Waals surface area (Å²) in [5, 5.41) is 3.32. The van der Waals surface area contributed by atoms with E-state index in [-0.39, 0.29) is 23.2 Å². The monoisotopic (exact) mass is 375 g/mol. The lowest BCUT2D eigenvalue weighted by Gasteiger charge is -2.08. The Labute approximate surface area is 150 Å². The van der Waals surface area contributed by atoms with Crippen LogP contribution in [0.2, 0.25) is 0 Å². The summed E-state index contributed by atoms with van der Waals surface area (Å²) >= 11 is 0. The van der Waals surface area contributed by atoms with Crippen molar-refractivity contribution in [2.24, 2.45) is 0 Å². The minimum Gasteiger partial charge on any atom is -0.361 e. The lowest BCUT2D eigenvalue weighted by Crippen LogP contribution is -2.26. The Kier molecular flexibility index (Phi) is 5.06. The van der Waals surface area contributed by atoms with Crippen LogP contribution in [0.3, 0.4) is 0 Å². The first-order chi connectivity index (χ1) is 12.3. The second kappa shape index (κ2) is 7.27. The number of aromatic nitrogens is 1. The molecule has 0 saturated heterocycles. The second-order valence-electron chi connectivity index (χ2n) is 5.86. The quantitative estimate of drug-likeness (QED) is 0.619. The normalized spacial score (nSPS) is 11.6. The number of halogens is 1. The fourth-order valence-electron chi connectivity index (χ4n) is 2.68. The molecule has 3 aromatic rings. The van der Waals surface area contributed by atoms with Gasteiger partial charge >= 0.3 is 0 Å². The highest BCUT2D eigenvalue weighted by Crippen LogP contribution is 2.20. The largest absolute Gasteiger partial charge is 0.361 e. The second-order valence-corrected chi connectivity index (χ2v) is 7.62. The Morgan fingerprint density at radius 3 is 2.58 bits per heavy atom. The molecule has 0 radical (unpaired) electrons. The van der Waals surface area contributed by atoms with Crippen molar-refractivity contribution in [3.05, 3.63) is 60.0 Å².